The quantitative estimate of drug-likeness (QED) is 0.738. The second-order valence-electron chi connectivity index (χ2n) is 5.98. The molecule has 3 rings (SSSR count). The number of para-hydroxylation sites is 2. The Bertz CT molecular complexity index is 791. The van der Waals surface area contributed by atoms with Crippen molar-refractivity contribution in [1.82, 2.24) is 10.6 Å². The Morgan fingerprint density at radius 2 is 1.92 bits per heavy atom. The van der Waals surface area contributed by atoms with Crippen molar-refractivity contribution in [2.75, 3.05) is 25.0 Å². The zero-order valence-electron chi connectivity index (χ0n) is 14.1. The average molecular weight is 357 g/mol. The molecule has 26 heavy (non-hydrogen) atoms. The van der Waals surface area contributed by atoms with E-state index in [1.807, 2.05) is 0 Å². The minimum atomic E-state index is -0.522. The van der Waals surface area contributed by atoms with Gasteiger partial charge < -0.3 is 20.7 Å². The van der Waals surface area contributed by atoms with Crippen LogP contribution in [0.5, 0.6) is 5.75 Å². The van der Waals surface area contributed by atoms with Crippen LogP contribution in [0, 0.1) is 5.82 Å². The molecule has 7 heteroatoms. The summed E-state index contributed by atoms with van der Waals surface area (Å²) in [5.41, 5.74) is 0.443. The number of carbonyl (C=O) groups is 2. The van der Waals surface area contributed by atoms with Crippen molar-refractivity contribution < 1.29 is 18.7 Å². The molecular weight excluding hydrogens is 337 g/mol. The Balaban J connectivity index is 1.60. The second-order valence-corrected chi connectivity index (χ2v) is 5.98. The lowest BCUT2D eigenvalue weighted by molar-refractivity contribution is -0.118. The predicted octanol–water partition coefficient (Wildman–Crippen LogP) is 1.93. The topological polar surface area (TPSA) is 79.5 Å². The molecule has 0 aromatic heterocycles. The zero-order valence-corrected chi connectivity index (χ0v) is 14.1. The number of hydrogen-bond donors (Lipinski definition) is 3. The Morgan fingerprint density at radius 3 is 2.69 bits per heavy atom. The van der Waals surface area contributed by atoms with E-state index in [1.165, 1.54) is 18.2 Å². The van der Waals surface area contributed by atoms with E-state index >= 15 is 0 Å². The molecule has 1 aliphatic heterocycles. The molecule has 0 saturated carbocycles. The monoisotopic (exact) mass is 357 g/mol. The predicted molar refractivity (Wildman–Crippen MR) is 95.7 cm³/mol. The summed E-state index contributed by atoms with van der Waals surface area (Å²) in [7, 11) is 0. The zero-order chi connectivity index (χ0) is 18.4. The largest absolute Gasteiger partial charge is 0.483 e. The number of anilines is 1. The van der Waals surface area contributed by atoms with Crippen molar-refractivity contribution in [2.45, 2.75) is 12.5 Å². The van der Waals surface area contributed by atoms with Crippen LogP contribution < -0.4 is 20.7 Å². The third-order valence-corrected chi connectivity index (χ3v) is 4.03. The van der Waals surface area contributed by atoms with Gasteiger partial charge in [0.2, 0.25) is 0 Å². The van der Waals surface area contributed by atoms with Gasteiger partial charge in [0.25, 0.3) is 11.8 Å². The van der Waals surface area contributed by atoms with Crippen LogP contribution in [0.4, 0.5) is 10.1 Å². The van der Waals surface area contributed by atoms with Gasteiger partial charge in [-0.1, -0.05) is 24.3 Å². The van der Waals surface area contributed by atoms with Crippen LogP contribution in [0.25, 0.3) is 0 Å². The van der Waals surface area contributed by atoms with Gasteiger partial charge in [0.05, 0.1) is 11.3 Å². The van der Waals surface area contributed by atoms with Gasteiger partial charge in [0, 0.05) is 12.6 Å². The van der Waals surface area contributed by atoms with Crippen LogP contribution in [0.2, 0.25) is 0 Å². The van der Waals surface area contributed by atoms with Gasteiger partial charge in [-0.15, -0.1) is 0 Å². The molecule has 1 heterocycles. The van der Waals surface area contributed by atoms with E-state index in [9.17, 15) is 14.0 Å². The highest BCUT2D eigenvalue weighted by Crippen LogP contribution is 2.19. The van der Waals surface area contributed by atoms with Gasteiger partial charge >= 0.3 is 0 Å². The maximum absolute atomic E-state index is 13.6. The van der Waals surface area contributed by atoms with Crippen molar-refractivity contribution in [3.05, 3.63) is 59.9 Å². The van der Waals surface area contributed by atoms with E-state index in [0.29, 0.717) is 11.3 Å². The first-order valence-corrected chi connectivity index (χ1v) is 8.41. The van der Waals surface area contributed by atoms with E-state index in [1.54, 1.807) is 30.3 Å². The fraction of sp³-hybridized carbons (Fsp3) is 0.263. The first-order chi connectivity index (χ1) is 12.6. The Morgan fingerprint density at radius 1 is 1.15 bits per heavy atom. The molecule has 1 saturated heterocycles. The molecule has 1 fully saturated rings. The maximum Gasteiger partial charge on any atom is 0.262 e. The molecule has 136 valence electrons. The maximum atomic E-state index is 13.6. The van der Waals surface area contributed by atoms with Crippen molar-refractivity contribution >= 4 is 17.5 Å². The van der Waals surface area contributed by atoms with Gasteiger partial charge in [-0.25, -0.2) is 4.39 Å². The first-order valence-electron chi connectivity index (χ1n) is 8.41. The smallest absolute Gasteiger partial charge is 0.262 e. The number of hydrogen-bond acceptors (Lipinski definition) is 4. The molecule has 2 aromatic carbocycles. The average Bonchev–Trinajstić information content (AvgIpc) is 3.15. The molecule has 6 nitrogen and oxygen atoms in total. The highest BCUT2D eigenvalue weighted by Gasteiger charge is 2.20. The first kappa shape index (κ1) is 17.9. The number of rotatable bonds is 6. The molecule has 2 amide bonds. The third kappa shape index (κ3) is 4.58. The lowest BCUT2D eigenvalue weighted by Crippen LogP contribution is -2.36. The number of amides is 2. The lowest BCUT2D eigenvalue weighted by Gasteiger charge is -2.14. The van der Waals surface area contributed by atoms with Crippen molar-refractivity contribution in [3.8, 4) is 5.75 Å². The van der Waals surface area contributed by atoms with E-state index in [0.717, 1.165) is 19.5 Å². The number of ether oxygens (including phenoxy) is 1. The molecule has 1 unspecified atom stereocenters. The minimum absolute atomic E-state index is 0.0833. The summed E-state index contributed by atoms with van der Waals surface area (Å²) >= 11 is 0. The highest BCUT2D eigenvalue weighted by molar-refractivity contribution is 5.97. The van der Waals surface area contributed by atoms with Gasteiger partial charge in [-0.05, 0) is 37.2 Å². The number of benzene rings is 2. The fourth-order valence-corrected chi connectivity index (χ4v) is 2.71. The molecule has 0 aliphatic carbocycles. The molecule has 2 aromatic rings. The minimum Gasteiger partial charge on any atom is -0.483 e. The van der Waals surface area contributed by atoms with Gasteiger partial charge in [0.1, 0.15) is 11.6 Å². The van der Waals surface area contributed by atoms with E-state index in [2.05, 4.69) is 16.0 Å². The van der Waals surface area contributed by atoms with Gasteiger partial charge in [0.15, 0.2) is 6.61 Å². The Kier molecular flexibility index (Phi) is 5.80. The van der Waals surface area contributed by atoms with Crippen LogP contribution in [0.15, 0.2) is 48.5 Å². The Labute approximate surface area is 150 Å². The van der Waals surface area contributed by atoms with Gasteiger partial charge in [-0.2, -0.15) is 0 Å². The third-order valence-electron chi connectivity index (χ3n) is 4.03. The van der Waals surface area contributed by atoms with Crippen LogP contribution >= 0.6 is 0 Å². The van der Waals surface area contributed by atoms with Crippen molar-refractivity contribution in [2.24, 2.45) is 0 Å². The summed E-state index contributed by atoms with van der Waals surface area (Å²) in [5, 5.41) is 8.56. The lowest BCUT2D eigenvalue weighted by atomic mass is 10.1. The summed E-state index contributed by atoms with van der Waals surface area (Å²) in [4.78, 5) is 24.4. The number of carbonyl (C=O) groups excluding carboxylic acids is 2. The van der Waals surface area contributed by atoms with E-state index in [-0.39, 0.29) is 24.2 Å². The van der Waals surface area contributed by atoms with Crippen LogP contribution in [0.1, 0.15) is 16.8 Å². The van der Waals surface area contributed by atoms with Crippen LogP contribution in [0.3, 0.4) is 0 Å². The molecule has 1 aliphatic rings. The van der Waals surface area contributed by atoms with Gasteiger partial charge in [-0.3, -0.25) is 9.59 Å². The van der Waals surface area contributed by atoms with Crippen LogP contribution in [-0.2, 0) is 4.79 Å². The summed E-state index contributed by atoms with van der Waals surface area (Å²) in [6, 6.07) is 12.7. The second kappa shape index (κ2) is 8.44. The molecule has 0 radical (unpaired) electrons. The molecule has 0 bridgehead atoms. The molecule has 3 N–H and O–H groups in total. The van der Waals surface area contributed by atoms with Crippen molar-refractivity contribution in [1.29, 1.82) is 0 Å². The number of halogens is 1. The van der Waals surface area contributed by atoms with Crippen molar-refractivity contribution in [3.63, 3.8) is 0 Å². The molecule has 1 atom stereocenters. The summed E-state index contributed by atoms with van der Waals surface area (Å²) in [6.45, 7) is 1.28. The Hall–Kier alpha value is -2.93. The van der Waals surface area contributed by atoms with E-state index < -0.39 is 11.7 Å². The summed E-state index contributed by atoms with van der Waals surface area (Å²) in [5.74, 6) is -0.973. The normalized spacial score (nSPS) is 16.1. The SMILES string of the molecule is O=C(COc1ccccc1C(=O)NC1CCNC1)Nc1ccccc1F. The molecular formula is C19H20FN3O3. The fourth-order valence-electron chi connectivity index (χ4n) is 2.71. The molecule has 0 spiro atoms. The summed E-state index contributed by atoms with van der Waals surface area (Å²) in [6.07, 6.45) is 0.875. The van der Waals surface area contributed by atoms with E-state index in [4.69, 9.17) is 4.74 Å². The number of nitrogens with one attached hydrogen (secondary N) is 3. The summed E-state index contributed by atoms with van der Waals surface area (Å²) < 4.78 is 19.0. The van der Waals surface area contributed by atoms with Crippen LogP contribution in [-0.4, -0.2) is 37.6 Å². The standard InChI is InChI=1S/C19H20FN3O3/c20-15-6-2-3-7-16(15)23-18(24)12-26-17-8-4-1-5-14(17)19(25)22-13-9-10-21-11-13/h1-8,13,21H,9-12H2,(H,22,25)(H,23,24). The highest BCUT2D eigenvalue weighted by atomic mass is 19.1.